The highest BCUT2D eigenvalue weighted by molar-refractivity contribution is 6.13. The van der Waals surface area contributed by atoms with Gasteiger partial charge in [-0.25, -0.2) is 4.79 Å². The van der Waals surface area contributed by atoms with E-state index in [0.717, 1.165) is 0 Å². The third-order valence-electron chi connectivity index (χ3n) is 3.63. The minimum Gasteiger partial charge on any atom is -0.325 e. The lowest BCUT2D eigenvalue weighted by molar-refractivity contribution is -0.118. The summed E-state index contributed by atoms with van der Waals surface area (Å²) in [4.78, 5) is 41.0. The summed E-state index contributed by atoms with van der Waals surface area (Å²) in [6.45, 7) is 1.57. The van der Waals surface area contributed by atoms with Gasteiger partial charge < -0.3 is 15.3 Å². The fourth-order valence-electron chi connectivity index (χ4n) is 2.33. The van der Waals surface area contributed by atoms with Crippen LogP contribution in [0.1, 0.15) is 17.3 Å². The van der Waals surface area contributed by atoms with Gasteiger partial charge in [-0.05, 0) is 25.1 Å². The highest BCUT2D eigenvalue weighted by Crippen LogP contribution is 2.16. The molecule has 23 heavy (non-hydrogen) atoms. The van der Waals surface area contributed by atoms with Crippen LogP contribution in [0.3, 0.4) is 0 Å². The standard InChI is InChI=1S/C17H15N3O3/c1-10(15(21)11-5-3-2-4-6-11)16(22)18-12-7-8-13-14(9-12)20-17(23)19-13/h2-10H,1H3,(H,18,22)(H2,19,20,23). The van der Waals surface area contributed by atoms with Gasteiger partial charge in [0, 0.05) is 11.3 Å². The van der Waals surface area contributed by atoms with E-state index in [9.17, 15) is 14.4 Å². The molecule has 0 spiro atoms. The van der Waals surface area contributed by atoms with Crippen LogP contribution in [0.2, 0.25) is 0 Å². The number of H-pyrrole nitrogens is 2. The van der Waals surface area contributed by atoms with Gasteiger partial charge in [0.1, 0.15) is 0 Å². The third-order valence-corrected chi connectivity index (χ3v) is 3.63. The summed E-state index contributed by atoms with van der Waals surface area (Å²) >= 11 is 0. The molecule has 0 aliphatic rings. The van der Waals surface area contributed by atoms with Crippen molar-refractivity contribution in [2.75, 3.05) is 5.32 Å². The predicted molar refractivity (Wildman–Crippen MR) is 87.5 cm³/mol. The fraction of sp³-hybridized carbons (Fsp3) is 0.118. The molecule has 1 unspecified atom stereocenters. The van der Waals surface area contributed by atoms with Gasteiger partial charge in [-0.2, -0.15) is 0 Å². The van der Waals surface area contributed by atoms with Crippen molar-refractivity contribution >= 4 is 28.4 Å². The van der Waals surface area contributed by atoms with E-state index in [4.69, 9.17) is 0 Å². The van der Waals surface area contributed by atoms with Crippen LogP contribution in [-0.4, -0.2) is 21.7 Å². The van der Waals surface area contributed by atoms with Crippen LogP contribution in [0.25, 0.3) is 11.0 Å². The lowest BCUT2D eigenvalue weighted by atomic mass is 9.98. The molecule has 6 nitrogen and oxygen atoms in total. The van der Waals surface area contributed by atoms with Crippen LogP contribution in [0.4, 0.5) is 5.69 Å². The normalized spacial score (nSPS) is 12.0. The van der Waals surface area contributed by atoms with Crippen LogP contribution < -0.4 is 11.0 Å². The molecule has 6 heteroatoms. The molecule has 0 aliphatic heterocycles. The molecule has 1 atom stereocenters. The van der Waals surface area contributed by atoms with Crippen molar-refractivity contribution in [2.45, 2.75) is 6.92 Å². The minimum absolute atomic E-state index is 0.237. The van der Waals surface area contributed by atoms with Crippen molar-refractivity contribution in [3.8, 4) is 0 Å². The molecular weight excluding hydrogens is 294 g/mol. The van der Waals surface area contributed by atoms with Crippen molar-refractivity contribution in [2.24, 2.45) is 5.92 Å². The molecule has 1 amide bonds. The number of Topliss-reactive ketones (excluding diaryl/α,β-unsaturated/α-hetero) is 1. The summed E-state index contributed by atoms with van der Waals surface area (Å²) in [6, 6.07) is 13.7. The van der Waals surface area contributed by atoms with Gasteiger partial charge in [0.05, 0.1) is 17.0 Å². The van der Waals surface area contributed by atoms with Crippen LogP contribution in [0.15, 0.2) is 53.3 Å². The Hall–Kier alpha value is -3.15. The number of imidazole rings is 1. The Morgan fingerprint density at radius 3 is 2.43 bits per heavy atom. The molecule has 1 heterocycles. The molecule has 0 bridgehead atoms. The molecule has 3 N–H and O–H groups in total. The zero-order chi connectivity index (χ0) is 16.4. The van der Waals surface area contributed by atoms with E-state index in [1.807, 2.05) is 6.07 Å². The molecule has 0 aliphatic carbocycles. The molecule has 2 aromatic carbocycles. The van der Waals surface area contributed by atoms with Gasteiger partial charge in [0.2, 0.25) is 5.91 Å². The number of hydrogen-bond acceptors (Lipinski definition) is 3. The molecule has 3 rings (SSSR count). The van der Waals surface area contributed by atoms with Crippen molar-refractivity contribution in [3.05, 3.63) is 64.6 Å². The summed E-state index contributed by atoms with van der Waals surface area (Å²) in [6.07, 6.45) is 0. The Bertz CT molecular complexity index is 925. The summed E-state index contributed by atoms with van der Waals surface area (Å²) in [7, 11) is 0. The number of carbonyl (C=O) groups is 2. The maximum absolute atomic E-state index is 12.3. The van der Waals surface area contributed by atoms with E-state index < -0.39 is 11.8 Å². The Morgan fingerprint density at radius 1 is 1.00 bits per heavy atom. The Balaban J connectivity index is 1.77. The average Bonchev–Trinajstić information content (AvgIpc) is 2.93. The van der Waals surface area contributed by atoms with E-state index >= 15 is 0 Å². The maximum Gasteiger partial charge on any atom is 0.323 e. The maximum atomic E-state index is 12.3. The van der Waals surface area contributed by atoms with E-state index in [1.54, 1.807) is 49.4 Å². The lowest BCUT2D eigenvalue weighted by Gasteiger charge is -2.11. The van der Waals surface area contributed by atoms with Crippen molar-refractivity contribution < 1.29 is 9.59 Å². The van der Waals surface area contributed by atoms with Gasteiger partial charge in [-0.3, -0.25) is 9.59 Å². The smallest absolute Gasteiger partial charge is 0.323 e. The summed E-state index contributed by atoms with van der Waals surface area (Å²) < 4.78 is 0. The van der Waals surface area contributed by atoms with E-state index in [1.165, 1.54) is 0 Å². The van der Waals surface area contributed by atoms with Crippen molar-refractivity contribution in [1.82, 2.24) is 9.97 Å². The van der Waals surface area contributed by atoms with Gasteiger partial charge in [-0.1, -0.05) is 30.3 Å². The highest BCUT2D eigenvalue weighted by Gasteiger charge is 2.22. The first-order chi connectivity index (χ1) is 11.0. The van der Waals surface area contributed by atoms with Gasteiger partial charge >= 0.3 is 5.69 Å². The first-order valence-electron chi connectivity index (χ1n) is 7.17. The number of anilines is 1. The second-order valence-corrected chi connectivity index (χ2v) is 5.28. The van der Waals surface area contributed by atoms with Crippen LogP contribution in [-0.2, 0) is 4.79 Å². The number of ketones is 1. The first kappa shape index (κ1) is 14.8. The van der Waals surface area contributed by atoms with Crippen LogP contribution in [0, 0.1) is 5.92 Å². The van der Waals surface area contributed by atoms with Gasteiger partial charge in [0.25, 0.3) is 0 Å². The molecule has 0 fully saturated rings. The highest BCUT2D eigenvalue weighted by atomic mass is 16.2. The summed E-state index contributed by atoms with van der Waals surface area (Å²) in [5.41, 5.74) is 1.96. The Labute approximate surface area is 131 Å². The number of aromatic amines is 2. The number of aromatic nitrogens is 2. The van der Waals surface area contributed by atoms with Crippen LogP contribution in [0.5, 0.6) is 0 Å². The number of carbonyl (C=O) groups excluding carboxylic acids is 2. The number of benzene rings is 2. The Morgan fingerprint density at radius 2 is 1.70 bits per heavy atom. The predicted octanol–water partition coefficient (Wildman–Crippen LogP) is 2.31. The minimum atomic E-state index is -0.807. The molecule has 0 radical (unpaired) electrons. The number of hydrogen-bond donors (Lipinski definition) is 3. The molecule has 0 saturated carbocycles. The van der Waals surface area contributed by atoms with Gasteiger partial charge in [-0.15, -0.1) is 0 Å². The number of rotatable bonds is 4. The SMILES string of the molecule is CC(C(=O)Nc1ccc2[nH]c(=O)[nH]c2c1)C(=O)c1ccccc1. The second kappa shape index (κ2) is 5.92. The summed E-state index contributed by atoms with van der Waals surface area (Å²) in [5, 5.41) is 2.70. The molecule has 1 aromatic heterocycles. The van der Waals surface area contributed by atoms with E-state index in [0.29, 0.717) is 22.3 Å². The monoisotopic (exact) mass is 309 g/mol. The fourth-order valence-corrected chi connectivity index (χ4v) is 2.33. The zero-order valence-corrected chi connectivity index (χ0v) is 12.4. The lowest BCUT2D eigenvalue weighted by Crippen LogP contribution is -2.27. The second-order valence-electron chi connectivity index (χ2n) is 5.28. The molecular formula is C17H15N3O3. The number of amides is 1. The average molecular weight is 309 g/mol. The first-order valence-corrected chi connectivity index (χ1v) is 7.17. The number of fused-ring (bicyclic) bond motifs is 1. The van der Waals surface area contributed by atoms with E-state index in [-0.39, 0.29) is 11.5 Å². The topological polar surface area (TPSA) is 94.8 Å². The molecule has 3 aromatic rings. The van der Waals surface area contributed by atoms with Crippen molar-refractivity contribution in [1.29, 1.82) is 0 Å². The Kier molecular flexibility index (Phi) is 3.80. The van der Waals surface area contributed by atoms with Crippen LogP contribution >= 0.6 is 0 Å². The molecule has 116 valence electrons. The molecule has 0 saturated heterocycles. The quantitative estimate of drug-likeness (QED) is 0.510. The summed E-state index contributed by atoms with van der Waals surface area (Å²) in [5.74, 6) is -1.44. The van der Waals surface area contributed by atoms with E-state index in [2.05, 4.69) is 15.3 Å². The third kappa shape index (κ3) is 3.06. The van der Waals surface area contributed by atoms with Crippen molar-refractivity contribution in [3.63, 3.8) is 0 Å². The number of nitrogens with one attached hydrogen (secondary N) is 3. The largest absolute Gasteiger partial charge is 0.325 e. The van der Waals surface area contributed by atoms with Gasteiger partial charge in [0.15, 0.2) is 5.78 Å². The zero-order valence-electron chi connectivity index (χ0n) is 12.4.